The number of esters is 1. The van der Waals surface area contributed by atoms with Crippen molar-refractivity contribution in [2.24, 2.45) is 0 Å². The molecule has 30 heavy (non-hydrogen) atoms. The summed E-state index contributed by atoms with van der Waals surface area (Å²) in [5.41, 5.74) is 6.41. The van der Waals surface area contributed by atoms with Gasteiger partial charge in [0.25, 0.3) is 0 Å². The molecule has 0 saturated heterocycles. The lowest BCUT2D eigenvalue weighted by Gasteiger charge is -2.22. The summed E-state index contributed by atoms with van der Waals surface area (Å²) in [7, 11) is 0. The zero-order chi connectivity index (χ0) is 20.5. The molecular weight excluding hydrogens is 370 g/mol. The summed E-state index contributed by atoms with van der Waals surface area (Å²) < 4.78 is 5.52. The van der Waals surface area contributed by atoms with Gasteiger partial charge in [0.05, 0.1) is 13.0 Å². The van der Waals surface area contributed by atoms with Crippen molar-refractivity contribution in [2.45, 2.75) is 32.4 Å². The molecule has 0 aromatic heterocycles. The average Bonchev–Trinajstić information content (AvgIpc) is 3.58. The molecule has 1 heterocycles. The van der Waals surface area contributed by atoms with E-state index in [0.717, 1.165) is 18.5 Å². The Labute approximate surface area is 176 Å². The van der Waals surface area contributed by atoms with Crippen molar-refractivity contribution >= 4 is 22.8 Å². The number of hydrogen-bond acceptors (Lipinski definition) is 2. The highest BCUT2D eigenvalue weighted by atomic mass is 16.5. The number of hydrogen-bond donors (Lipinski definition) is 1. The van der Waals surface area contributed by atoms with Gasteiger partial charge in [0.1, 0.15) is 18.3 Å². The van der Waals surface area contributed by atoms with Crippen molar-refractivity contribution in [3.8, 4) is 0 Å². The van der Waals surface area contributed by atoms with Crippen LogP contribution in [-0.2, 0) is 16.1 Å². The number of carbonyl (C=O) groups excluding carboxylic acids is 1. The van der Waals surface area contributed by atoms with Crippen LogP contribution in [0.4, 0.5) is 5.69 Å². The average molecular weight is 397 g/mol. The zero-order valence-corrected chi connectivity index (χ0v) is 17.2. The highest BCUT2D eigenvalue weighted by Crippen LogP contribution is 2.31. The molecule has 0 bridgehead atoms. The maximum Gasteiger partial charge on any atom is 0.311 e. The Morgan fingerprint density at radius 1 is 0.933 bits per heavy atom. The minimum Gasteiger partial charge on any atom is -0.461 e. The first-order valence-corrected chi connectivity index (χ1v) is 10.7. The summed E-state index contributed by atoms with van der Waals surface area (Å²) in [6.45, 7) is 3.30. The van der Waals surface area contributed by atoms with Gasteiger partial charge in [0.15, 0.2) is 0 Å². The van der Waals surface area contributed by atoms with Crippen molar-refractivity contribution in [2.75, 3.05) is 6.54 Å². The van der Waals surface area contributed by atoms with Crippen LogP contribution in [0.5, 0.6) is 0 Å². The topological polar surface area (TPSA) is 30.7 Å². The predicted molar refractivity (Wildman–Crippen MR) is 118 cm³/mol. The van der Waals surface area contributed by atoms with E-state index in [-0.39, 0.29) is 5.97 Å². The van der Waals surface area contributed by atoms with Gasteiger partial charge in [-0.25, -0.2) is 0 Å². The molecule has 2 aliphatic rings. The second-order valence-corrected chi connectivity index (χ2v) is 8.17. The molecule has 0 spiro atoms. The summed E-state index contributed by atoms with van der Waals surface area (Å²) in [6, 6.07) is 27.7. The largest absolute Gasteiger partial charge is 0.461 e. The number of fused-ring (bicyclic) bond motifs is 3. The van der Waals surface area contributed by atoms with Gasteiger partial charge in [-0.1, -0.05) is 66.7 Å². The highest BCUT2D eigenvalue weighted by Gasteiger charge is 2.43. The predicted octanol–water partition coefficient (Wildman–Crippen LogP) is 2.49. The van der Waals surface area contributed by atoms with Gasteiger partial charge in [-0.2, -0.15) is 0 Å². The first kappa shape index (κ1) is 18.8. The fourth-order valence-electron chi connectivity index (χ4n) is 4.66. The molecule has 2 unspecified atom stereocenters. The molecule has 1 aliphatic heterocycles. The van der Waals surface area contributed by atoms with Crippen LogP contribution < -0.4 is 15.3 Å². The van der Waals surface area contributed by atoms with E-state index >= 15 is 0 Å². The third kappa shape index (κ3) is 3.57. The number of rotatable bonds is 5. The summed E-state index contributed by atoms with van der Waals surface area (Å²) in [6.07, 6.45) is 1.51. The molecule has 3 aromatic rings. The lowest BCUT2D eigenvalue weighted by molar-refractivity contribution is -0.839. The van der Waals surface area contributed by atoms with Crippen molar-refractivity contribution in [1.82, 2.24) is 0 Å². The Hall–Kier alpha value is -3.17. The Morgan fingerprint density at radius 2 is 1.63 bits per heavy atom. The maximum absolute atomic E-state index is 12.5. The molecule has 3 heteroatoms. The van der Waals surface area contributed by atoms with Gasteiger partial charge >= 0.3 is 5.97 Å². The minimum atomic E-state index is -0.130. The normalized spacial score (nSPS) is 22.7. The summed E-state index contributed by atoms with van der Waals surface area (Å²) >= 11 is 0. The molecule has 0 amide bonds. The van der Waals surface area contributed by atoms with Crippen LogP contribution >= 0.6 is 0 Å². The lowest BCUT2D eigenvalue weighted by atomic mass is 9.99. The number of quaternary nitrogens is 1. The molecule has 0 radical (unpaired) electrons. The second kappa shape index (κ2) is 7.92. The van der Waals surface area contributed by atoms with Gasteiger partial charge in [0.2, 0.25) is 0 Å². The van der Waals surface area contributed by atoms with Crippen LogP contribution in [0.15, 0.2) is 78.9 Å². The van der Waals surface area contributed by atoms with Gasteiger partial charge < -0.3 is 4.74 Å². The van der Waals surface area contributed by atoms with E-state index in [1.165, 1.54) is 37.7 Å². The van der Waals surface area contributed by atoms with E-state index in [4.69, 9.17) is 4.74 Å². The molecular formula is C27H26NO2+. The smallest absolute Gasteiger partial charge is 0.311 e. The Balaban J connectivity index is 1.40. The Morgan fingerprint density at radius 3 is 2.47 bits per heavy atom. The first-order valence-electron chi connectivity index (χ1n) is 10.7. The summed E-state index contributed by atoms with van der Waals surface area (Å²) in [5.74, 6) is -0.130. The Bertz CT molecular complexity index is 1210. The lowest BCUT2D eigenvalue weighted by Crippen LogP contribution is -3.09. The molecule has 5 rings (SSSR count). The quantitative estimate of drug-likeness (QED) is 0.672. The number of carbonyl (C=O) groups is 1. The van der Waals surface area contributed by atoms with E-state index in [1.54, 1.807) is 0 Å². The van der Waals surface area contributed by atoms with Crippen molar-refractivity contribution in [1.29, 1.82) is 0 Å². The van der Waals surface area contributed by atoms with Crippen LogP contribution in [0.25, 0.3) is 11.1 Å². The third-order valence-electron chi connectivity index (χ3n) is 6.30. The van der Waals surface area contributed by atoms with E-state index < -0.39 is 0 Å². The van der Waals surface area contributed by atoms with Crippen molar-refractivity contribution in [3.63, 3.8) is 0 Å². The molecule has 3 nitrogen and oxygen atoms in total. The van der Waals surface area contributed by atoms with E-state index in [9.17, 15) is 4.79 Å². The van der Waals surface area contributed by atoms with Gasteiger partial charge in [-0.05, 0) is 40.6 Å². The van der Waals surface area contributed by atoms with E-state index in [0.29, 0.717) is 19.1 Å². The van der Waals surface area contributed by atoms with E-state index in [2.05, 4.69) is 55.5 Å². The van der Waals surface area contributed by atoms with Crippen LogP contribution in [0.1, 0.15) is 30.9 Å². The fourth-order valence-corrected chi connectivity index (χ4v) is 4.66. The number of benzene rings is 3. The number of para-hydroxylation sites is 1. The van der Waals surface area contributed by atoms with Gasteiger partial charge in [-0.3, -0.25) is 9.69 Å². The Kier molecular flexibility index (Phi) is 4.97. The zero-order valence-electron chi connectivity index (χ0n) is 17.2. The molecule has 1 aliphatic carbocycles. The van der Waals surface area contributed by atoms with Gasteiger partial charge in [-0.15, -0.1) is 0 Å². The number of ether oxygens (including phenoxy) is 1. The van der Waals surface area contributed by atoms with Crippen LogP contribution in [0, 0.1) is 0 Å². The molecule has 1 fully saturated rings. The van der Waals surface area contributed by atoms with E-state index in [1.807, 2.05) is 30.3 Å². The summed E-state index contributed by atoms with van der Waals surface area (Å²) in [5, 5.41) is 2.71. The van der Waals surface area contributed by atoms with Crippen molar-refractivity contribution in [3.05, 3.63) is 100 Å². The molecule has 3 aromatic carbocycles. The summed E-state index contributed by atoms with van der Waals surface area (Å²) in [4.78, 5) is 13.8. The van der Waals surface area contributed by atoms with Gasteiger partial charge in [0, 0.05) is 17.6 Å². The minimum absolute atomic E-state index is 0.130. The highest BCUT2D eigenvalue weighted by molar-refractivity contribution is 5.76. The number of nitrogens with one attached hydrogen (secondary N) is 1. The fraction of sp³-hybridized carbons (Fsp3) is 0.222. The second-order valence-electron chi connectivity index (χ2n) is 8.17. The monoisotopic (exact) mass is 396 g/mol. The standard InChI is InChI=1S/C27H25NO2/c1-19-21-11-5-6-13-23(21)24-17-26(24)28(25-14-8-7-12-22(19)25)16-15-27(29)30-18-20-9-3-2-4-10-20/h2-14,26H,15-18H2,1H3/p+1/b21-19-,24-23-. The van der Waals surface area contributed by atoms with Crippen LogP contribution in [0.3, 0.4) is 0 Å². The first-order chi connectivity index (χ1) is 14.7. The SMILES string of the molecule is C/C1=c2\cccc\c2=C2/CC2[NH+](CCC(=O)OCc2ccccc2)c2ccccc21. The maximum atomic E-state index is 12.5. The molecule has 2 atom stereocenters. The van der Waals surface area contributed by atoms with Crippen molar-refractivity contribution < 1.29 is 14.4 Å². The molecule has 150 valence electrons. The van der Waals surface area contributed by atoms with Crippen LogP contribution in [-0.4, -0.2) is 18.6 Å². The molecule has 1 saturated carbocycles. The third-order valence-corrected chi connectivity index (χ3v) is 6.30. The molecule has 1 N–H and O–H groups in total. The van der Waals surface area contributed by atoms with Crippen LogP contribution in [0.2, 0.25) is 0 Å².